The molecule has 0 unspecified atom stereocenters. The lowest BCUT2D eigenvalue weighted by Gasteiger charge is -2.19. The van der Waals surface area contributed by atoms with E-state index in [0.717, 1.165) is 16.2 Å². The summed E-state index contributed by atoms with van der Waals surface area (Å²) in [5, 5.41) is 16.4. The molecule has 1 amide bonds. The van der Waals surface area contributed by atoms with Crippen molar-refractivity contribution in [2.45, 2.75) is 32.9 Å². The molecular formula is C14H21N3O4S. The summed E-state index contributed by atoms with van der Waals surface area (Å²) in [5.41, 5.74) is -0.501. The number of nitrogens with one attached hydrogen (secondary N) is 2. The third-order valence-electron chi connectivity index (χ3n) is 2.32. The average molecular weight is 327 g/mol. The van der Waals surface area contributed by atoms with Gasteiger partial charge in [0.15, 0.2) is 0 Å². The lowest BCUT2D eigenvalue weighted by molar-refractivity contribution is -0.380. The van der Waals surface area contributed by atoms with Gasteiger partial charge in [-0.3, -0.25) is 10.1 Å². The molecule has 0 aliphatic heterocycles. The van der Waals surface area contributed by atoms with E-state index in [1.54, 1.807) is 26.8 Å². The Morgan fingerprint density at radius 1 is 1.36 bits per heavy atom. The Labute approximate surface area is 133 Å². The molecule has 0 saturated heterocycles. The summed E-state index contributed by atoms with van der Waals surface area (Å²) < 4.78 is 5.09. The summed E-state index contributed by atoms with van der Waals surface area (Å²) in [6.45, 7) is 6.99. The minimum absolute atomic E-state index is 0.147. The van der Waals surface area contributed by atoms with E-state index in [0.29, 0.717) is 19.6 Å². The van der Waals surface area contributed by atoms with Crippen molar-refractivity contribution in [2.75, 3.05) is 13.1 Å². The summed E-state index contributed by atoms with van der Waals surface area (Å²) in [6, 6.07) is 3.24. The average Bonchev–Trinajstić information content (AvgIpc) is 2.84. The molecule has 0 atom stereocenters. The molecule has 0 fully saturated rings. The molecule has 0 aromatic carbocycles. The Bertz CT molecular complexity index is 534. The highest BCUT2D eigenvalue weighted by Gasteiger charge is 2.14. The van der Waals surface area contributed by atoms with Crippen LogP contribution in [0.2, 0.25) is 0 Å². The third-order valence-corrected chi connectivity index (χ3v) is 3.36. The van der Waals surface area contributed by atoms with Crippen molar-refractivity contribution in [1.29, 1.82) is 0 Å². The quantitative estimate of drug-likeness (QED) is 0.348. The predicted molar refractivity (Wildman–Crippen MR) is 86.1 cm³/mol. The Hall–Kier alpha value is -1.93. The van der Waals surface area contributed by atoms with Crippen molar-refractivity contribution in [1.82, 2.24) is 10.6 Å². The topological polar surface area (TPSA) is 93.5 Å². The molecule has 0 saturated carbocycles. The Balaban J connectivity index is 2.14. The van der Waals surface area contributed by atoms with Crippen LogP contribution in [0, 0.1) is 10.1 Å². The zero-order valence-electron chi connectivity index (χ0n) is 12.9. The van der Waals surface area contributed by atoms with Gasteiger partial charge in [-0.1, -0.05) is 23.5 Å². The van der Waals surface area contributed by atoms with Gasteiger partial charge in [0.1, 0.15) is 5.60 Å². The van der Waals surface area contributed by atoms with Gasteiger partial charge < -0.3 is 15.4 Å². The molecule has 22 heavy (non-hydrogen) atoms. The van der Waals surface area contributed by atoms with E-state index in [2.05, 4.69) is 10.6 Å². The smallest absolute Gasteiger partial charge is 0.407 e. The van der Waals surface area contributed by atoms with Gasteiger partial charge in [-0.2, -0.15) is 0 Å². The van der Waals surface area contributed by atoms with E-state index < -0.39 is 16.6 Å². The number of carbonyl (C=O) groups is 1. The zero-order valence-corrected chi connectivity index (χ0v) is 13.7. The number of hydrogen-bond donors (Lipinski definition) is 2. The second-order valence-corrected chi connectivity index (χ2v) is 6.63. The number of alkyl carbamates (subject to hydrolysis) is 1. The molecule has 0 aliphatic rings. The molecule has 2 N–H and O–H groups in total. The molecule has 0 bridgehead atoms. The Morgan fingerprint density at radius 2 is 2.05 bits per heavy atom. The maximum atomic E-state index is 11.4. The van der Waals surface area contributed by atoms with Crippen molar-refractivity contribution in [2.24, 2.45) is 0 Å². The first kappa shape index (κ1) is 18.1. The normalized spacial score (nSPS) is 11.6. The monoisotopic (exact) mass is 327 g/mol. The standard InChI is InChI=1S/C14H21N3O4S/c1-14(2,3)21-13(18)16-9-5-4-8-15-10-11-6-7-12(22-11)17(19)20/h4-7,15H,8-10H2,1-3H3,(H,16,18)/b5-4+. The fourth-order valence-corrected chi connectivity index (χ4v) is 2.25. The highest BCUT2D eigenvalue weighted by molar-refractivity contribution is 7.15. The summed E-state index contributed by atoms with van der Waals surface area (Å²) in [4.78, 5) is 22.4. The number of nitrogens with zero attached hydrogens (tertiary/aromatic N) is 1. The molecule has 1 aromatic rings. The van der Waals surface area contributed by atoms with Crippen LogP contribution in [0.3, 0.4) is 0 Å². The van der Waals surface area contributed by atoms with Gasteiger partial charge in [0.05, 0.1) is 4.92 Å². The van der Waals surface area contributed by atoms with Crippen molar-refractivity contribution < 1.29 is 14.5 Å². The minimum atomic E-state index is -0.501. The Kier molecular flexibility index (Phi) is 7.00. The summed E-state index contributed by atoms with van der Waals surface area (Å²) in [7, 11) is 0. The lowest BCUT2D eigenvalue weighted by atomic mass is 10.2. The summed E-state index contributed by atoms with van der Waals surface area (Å²) >= 11 is 1.16. The number of nitro groups is 1. The fourth-order valence-electron chi connectivity index (χ4n) is 1.46. The van der Waals surface area contributed by atoms with Gasteiger partial charge >= 0.3 is 11.1 Å². The maximum Gasteiger partial charge on any atom is 0.407 e. The minimum Gasteiger partial charge on any atom is -0.444 e. The van der Waals surface area contributed by atoms with E-state index in [-0.39, 0.29) is 5.00 Å². The van der Waals surface area contributed by atoms with Crippen LogP contribution >= 0.6 is 11.3 Å². The van der Waals surface area contributed by atoms with Crippen LogP contribution in [-0.2, 0) is 11.3 Å². The first-order valence-electron chi connectivity index (χ1n) is 6.83. The molecule has 0 radical (unpaired) electrons. The summed E-state index contributed by atoms with van der Waals surface area (Å²) in [5.74, 6) is 0. The van der Waals surface area contributed by atoms with Gasteiger partial charge in [-0.15, -0.1) is 0 Å². The summed E-state index contributed by atoms with van der Waals surface area (Å²) in [6.07, 6.45) is 3.24. The van der Waals surface area contributed by atoms with Crippen LogP contribution in [0.25, 0.3) is 0 Å². The van der Waals surface area contributed by atoms with Gasteiger partial charge in [-0.25, -0.2) is 4.79 Å². The largest absolute Gasteiger partial charge is 0.444 e. The van der Waals surface area contributed by atoms with Gasteiger partial charge in [0.2, 0.25) is 0 Å². The third kappa shape index (κ3) is 7.75. The number of hydrogen-bond acceptors (Lipinski definition) is 6. The number of amides is 1. The van der Waals surface area contributed by atoms with Gasteiger partial charge in [0, 0.05) is 30.6 Å². The van der Waals surface area contributed by atoms with E-state index in [1.165, 1.54) is 6.07 Å². The lowest BCUT2D eigenvalue weighted by Crippen LogP contribution is -2.32. The molecule has 0 spiro atoms. The fraction of sp³-hybridized carbons (Fsp3) is 0.500. The van der Waals surface area contributed by atoms with Crippen LogP contribution in [0.1, 0.15) is 25.6 Å². The van der Waals surface area contributed by atoms with Crippen LogP contribution in [-0.4, -0.2) is 29.7 Å². The maximum absolute atomic E-state index is 11.4. The van der Waals surface area contributed by atoms with Crippen molar-refractivity contribution in [3.8, 4) is 0 Å². The van der Waals surface area contributed by atoms with E-state index >= 15 is 0 Å². The van der Waals surface area contributed by atoms with E-state index in [9.17, 15) is 14.9 Å². The van der Waals surface area contributed by atoms with Crippen LogP contribution < -0.4 is 10.6 Å². The SMILES string of the molecule is CC(C)(C)OC(=O)NC/C=C/CNCc1ccc([N+](=O)[O-])s1. The molecule has 1 heterocycles. The first-order chi connectivity index (χ1) is 10.3. The highest BCUT2D eigenvalue weighted by Crippen LogP contribution is 2.23. The van der Waals surface area contributed by atoms with Crippen molar-refractivity contribution >= 4 is 22.4 Å². The second kappa shape index (κ2) is 8.50. The van der Waals surface area contributed by atoms with Crippen LogP contribution in [0.5, 0.6) is 0 Å². The second-order valence-electron chi connectivity index (χ2n) is 5.48. The number of thiophene rings is 1. The van der Waals surface area contributed by atoms with E-state index in [1.807, 2.05) is 12.2 Å². The van der Waals surface area contributed by atoms with Crippen LogP contribution in [0.15, 0.2) is 24.3 Å². The molecule has 8 heteroatoms. The first-order valence-corrected chi connectivity index (χ1v) is 7.65. The number of carbonyl (C=O) groups excluding carboxylic acids is 1. The van der Waals surface area contributed by atoms with Crippen LogP contribution in [0.4, 0.5) is 9.80 Å². The van der Waals surface area contributed by atoms with Crippen molar-refractivity contribution in [3.63, 3.8) is 0 Å². The van der Waals surface area contributed by atoms with Gasteiger partial charge in [-0.05, 0) is 26.8 Å². The number of ether oxygens (including phenoxy) is 1. The molecular weight excluding hydrogens is 306 g/mol. The molecule has 1 rings (SSSR count). The van der Waals surface area contributed by atoms with Crippen molar-refractivity contribution in [3.05, 3.63) is 39.3 Å². The molecule has 122 valence electrons. The Morgan fingerprint density at radius 3 is 2.64 bits per heavy atom. The van der Waals surface area contributed by atoms with E-state index in [4.69, 9.17) is 4.74 Å². The highest BCUT2D eigenvalue weighted by atomic mass is 32.1. The predicted octanol–water partition coefficient (Wildman–Crippen LogP) is 2.83. The molecule has 7 nitrogen and oxygen atoms in total. The van der Waals surface area contributed by atoms with Gasteiger partial charge in [0.25, 0.3) is 0 Å². The number of rotatable bonds is 7. The zero-order chi connectivity index (χ0) is 16.6. The molecule has 1 aromatic heterocycles. The molecule has 0 aliphatic carbocycles.